The Bertz CT molecular complexity index is 1530. The molecule has 0 atom stereocenters. The van der Waals surface area contributed by atoms with Gasteiger partial charge in [-0.1, -0.05) is 42.5 Å². The number of anilines is 2. The lowest BCUT2D eigenvalue weighted by Crippen LogP contribution is -2.47. The first-order valence-corrected chi connectivity index (χ1v) is 12.8. The largest absolute Gasteiger partial charge is 0.497 e. The van der Waals surface area contributed by atoms with Crippen molar-refractivity contribution in [1.29, 1.82) is 0 Å². The summed E-state index contributed by atoms with van der Waals surface area (Å²) in [6.45, 7) is 8.11. The third-order valence-electron chi connectivity index (χ3n) is 7.17. The summed E-state index contributed by atoms with van der Waals surface area (Å²) in [5.74, 6) is 1.91. The number of aromatic nitrogens is 3. The van der Waals surface area contributed by atoms with Crippen molar-refractivity contribution in [3.8, 4) is 28.3 Å². The number of hydrogen-bond donors (Lipinski definition) is 0. The molecule has 0 saturated carbocycles. The van der Waals surface area contributed by atoms with Crippen LogP contribution in [0.4, 0.5) is 11.5 Å². The zero-order valence-corrected chi connectivity index (χ0v) is 21.6. The smallest absolute Gasteiger partial charge is 0.158 e. The summed E-state index contributed by atoms with van der Waals surface area (Å²) < 4.78 is 7.33. The second-order valence-corrected chi connectivity index (χ2v) is 9.66. The van der Waals surface area contributed by atoms with Crippen LogP contribution in [0.1, 0.15) is 11.1 Å². The highest BCUT2D eigenvalue weighted by molar-refractivity contribution is 5.71. The summed E-state index contributed by atoms with van der Waals surface area (Å²) in [7, 11) is 1.68. The molecular formula is C31H31N5O. The quantitative estimate of drug-likeness (QED) is 0.302. The van der Waals surface area contributed by atoms with Gasteiger partial charge in [0.1, 0.15) is 11.6 Å². The van der Waals surface area contributed by atoms with Gasteiger partial charge in [-0.3, -0.25) is 0 Å². The fraction of sp³-hybridized carbons (Fsp3) is 0.226. The van der Waals surface area contributed by atoms with Crippen LogP contribution in [0.5, 0.6) is 5.75 Å². The van der Waals surface area contributed by atoms with Crippen LogP contribution in [0, 0.1) is 13.8 Å². The van der Waals surface area contributed by atoms with E-state index in [0.717, 1.165) is 65.9 Å². The molecule has 3 heterocycles. The van der Waals surface area contributed by atoms with Crippen molar-refractivity contribution in [3.05, 3.63) is 96.1 Å². The fourth-order valence-electron chi connectivity index (χ4n) is 5.08. The molecule has 1 aliphatic rings. The number of aryl methyl sites for hydroxylation is 2. The SMILES string of the molecule is COc1ccc(-c2cc3nc(-c4ccccc4)cc(N4CCN(c5cc(C)ccc5C)CC4)n3n2)cc1. The Morgan fingerprint density at radius 3 is 2.14 bits per heavy atom. The molecule has 3 aromatic carbocycles. The lowest BCUT2D eigenvalue weighted by molar-refractivity contribution is 0.415. The van der Waals surface area contributed by atoms with E-state index < -0.39 is 0 Å². The van der Waals surface area contributed by atoms with Crippen molar-refractivity contribution in [2.24, 2.45) is 0 Å². The van der Waals surface area contributed by atoms with Gasteiger partial charge in [-0.05, 0) is 55.3 Å². The molecule has 0 bridgehead atoms. The molecule has 1 saturated heterocycles. The van der Waals surface area contributed by atoms with Crippen LogP contribution in [0.25, 0.3) is 28.2 Å². The molecule has 1 aliphatic heterocycles. The third-order valence-corrected chi connectivity index (χ3v) is 7.17. The molecule has 0 radical (unpaired) electrons. The number of piperazine rings is 1. The van der Waals surface area contributed by atoms with E-state index in [1.54, 1.807) is 7.11 Å². The van der Waals surface area contributed by atoms with Crippen LogP contribution in [0.3, 0.4) is 0 Å². The normalized spacial score (nSPS) is 13.8. The third kappa shape index (κ3) is 4.51. The maximum atomic E-state index is 5.33. The number of benzene rings is 3. The Labute approximate surface area is 217 Å². The summed E-state index contributed by atoms with van der Waals surface area (Å²) in [6, 6.07) is 29.4. The number of fused-ring (bicyclic) bond motifs is 1. The highest BCUT2D eigenvalue weighted by Gasteiger charge is 2.22. The summed E-state index contributed by atoms with van der Waals surface area (Å²) in [6.07, 6.45) is 0. The highest BCUT2D eigenvalue weighted by atomic mass is 16.5. The highest BCUT2D eigenvalue weighted by Crippen LogP contribution is 2.30. The molecule has 0 aliphatic carbocycles. The van der Waals surface area contributed by atoms with Crippen LogP contribution in [-0.4, -0.2) is 47.9 Å². The predicted molar refractivity (Wildman–Crippen MR) is 151 cm³/mol. The van der Waals surface area contributed by atoms with Gasteiger partial charge in [0.2, 0.25) is 0 Å². The van der Waals surface area contributed by atoms with Crippen molar-refractivity contribution in [1.82, 2.24) is 14.6 Å². The maximum absolute atomic E-state index is 5.33. The number of ether oxygens (including phenoxy) is 1. The topological polar surface area (TPSA) is 45.9 Å². The van der Waals surface area contributed by atoms with Crippen LogP contribution >= 0.6 is 0 Å². The Balaban J connectivity index is 1.37. The van der Waals surface area contributed by atoms with Crippen LogP contribution in [0.15, 0.2) is 84.9 Å². The second kappa shape index (κ2) is 9.62. The van der Waals surface area contributed by atoms with E-state index in [1.807, 2.05) is 34.8 Å². The van der Waals surface area contributed by atoms with E-state index in [2.05, 4.69) is 78.2 Å². The summed E-state index contributed by atoms with van der Waals surface area (Å²) in [5, 5.41) is 5.01. The number of rotatable bonds is 5. The number of methoxy groups -OCH3 is 1. The molecule has 0 spiro atoms. The zero-order valence-electron chi connectivity index (χ0n) is 21.6. The molecule has 1 fully saturated rings. The molecule has 2 aromatic heterocycles. The molecular weight excluding hydrogens is 458 g/mol. The Kier molecular flexibility index (Phi) is 6.01. The molecule has 6 nitrogen and oxygen atoms in total. The number of hydrogen-bond acceptors (Lipinski definition) is 5. The Morgan fingerprint density at radius 2 is 1.41 bits per heavy atom. The molecule has 5 aromatic rings. The van der Waals surface area contributed by atoms with Crippen molar-refractivity contribution in [2.75, 3.05) is 43.1 Å². The standard InChI is InChI=1S/C31H31N5O/c1-22-9-10-23(2)29(19-22)34-15-17-35(18-16-34)31-21-27(24-7-5-4-6-8-24)32-30-20-28(33-36(30)31)25-11-13-26(37-3)14-12-25/h4-14,19-21H,15-18H2,1-3H3. The first-order valence-electron chi connectivity index (χ1n) is 12.8. The monoisotopic (exact) mass is 489 g/mol. The summed E-state index contributed by atoms with van der Waals surface area (Å²) in [4.78, 5) is 9.94. The molecule has 0 amide bonds. The van der Waals surface area contributed by atoms with E-state index >= 15 is 0 Å². The van der Waals surface area contributed by atoms with Gasteiger partial charge < -0.3 is 14.5 Å². The average molecular weight is 490 g/mol. The summed E-state index contributed by atoms with van der Waals surface area (Å²) >= 11 is 0. The molecule has 0 N–H and O–H groups in total. The van der Waals surface area contributed by atoms with Crippen LogP contribution < -0.4 is 14.5 Å². The van der Waals surface area contributed by atoms with Gasteiger partial charge in [-0.25, -0.2) is 4.98 Å². The Morgan fingerprint density at radius 1 is 0.703 bits per heavy atom. The lowest BCUT2D eigenvalue weighted by atomic mass is 10.1. The molecule has 0 unspecified atom stereocenters. The van der Waals surface area contributed by atoms with Crippen molar-refractivity contribution in [3.63, 3.8) is 0 Å². The van der Waals surface area contributed by atoms with Gasteiger partial charge in [0, 0.05) is 55.1 Å². The van der Waals surface area contributed by atoms with Gasteiger partial charge in [-0.2, -0.15) is 9.61 Å². The van der Waals surface area contributed by atoms with Crippen LogP contribution in [-0.2, 0) is 0 Å². The van der Waals surface area contributed by atoms with Crippen LogP contribution in [0.2, 0.25) is 0 Å². The molecule has 6 heteroatoms. The van der Waals surface area contributed by atoms with Crippen molar-refractivity contribution in [2.45, 2.75) is 13.8 Å². The molecule has 37 heavy (non-hydrogen) atoms. The van der Waals surface area contributed by atoms with Gasteiger partial charge >= 0.3 is 0 Å². The van der Waals surface area contributed by atoms with E-state index in [0.29, 0.717) is 0 Å². The zero-order chi connectivity index (χ0) is 25.4. The maximum Gasteiger partial charge on any atom is 0.158 e. The summed E-state index contributed by atoms with van der Waals surface area (Å²) in [5.41, 5.74) is 8.81. The first kappa shape index (κ1) is 23.1. The average Bonchev–Trinajstić information content (AvgIpc) is 3.39. The second-order valence-electron chi connectivity index (χ2n) is 9.66. The van der Waals surface area contributed by atoms with Crippen molar-refractivity contribution >= 4 is 17.2 Å². The fourth-order valence-corrected chi connectivity index (χ4v) is 5.08. The van der Waals surface area contributed by atoms with Gasteiger partial charge in [0.25, 0.3) is 0 Å². The molecule has 6 rings (SSSR count). The van der Waals surface area contributed by atoms with E-state index in [4.69, 9.17) is 14.8 Å². The minimum Gasteiger partial charge on any atom is -0.497 e. The predicted octanol–water partition coefficient (Wildman–Crippen LogP) is 6.02. The lowest BCUT2D eigenvalue weighted by Gasteiger charge is -2.38. The van der Waals surface area contributed by atoms with E-state index in [-0.39, 0.29) is 0 Å². The first-order chi connectivity index (χ1) is 18.1. The number of nitrogens with zero attached hydrogens (tertiary/aromatic N) is 5. The van der Waals surface area contributed by atoms with Gasteiger partial charge in [0.05, 0.1) is 18.5 Å². The molecule has 186 valence electrons. The van der Waals surface area contributed by atoms with E-state index in [1.165, 1.54) is 16.8 Å². The van der Waals surface area contributed by atoms with E-state index in [9.17, 15) is 0 Å². The van der Waals surface area contributed by atoms with Gasteiger partial charge in [-0.15, -0.1) is 0 Å². The Hall–Kier alpha value is -4.32. The van der Waals surface area contributed by atoms with Crippen molar-refractivity contribution < 1.29 is 4.74 Å². The van der Waals surface area contributed by atoms with Gasteiger partial charge in [0.15, 0.2) is 5.65 Å². The minimum absolute atomic E-state index is 0.833. The minimum atomic E-state index is 0.833.